The molecule has 0 aromatic heterocycles. The molecule has 0 radical (unpaired) electrons. The van der Waals surface area contributed by atoms with Crippen LogP contribution in [-0.4, -0.2) is 29.1 Å². The minimum absolute atomic E-state index is 0.245. The van der Waals surface area contributed by atoms with E-state index in [0.29, 0.717) is 17.7 Å². The number of rotatable bonds is 5. The Morgan fingerprint density at radius 2 is 1.92 bits per heavy atom. The summed E-state index contributed by atoms with van der Waals surface area (Å²) in [5.41, 5.74) is 4.58. The van der Waals surface area contributed by atoms with E-state index < -0.39 is 0 Å². The zero-order valence-corrected chi connectivity index (χ0v) is 16.1. The van der Waals surface area contributed by atoms with Crippen LogP contribution in [-0.2, 0) is 18.3 Å². The fourth-order valence-electron chi connectivity index (χ4n) is 5.84. The van der Waals surface area contributed by atoms with Gasteiger partial charge in [-0.3, -0.25) is 4.90 Å². The Kier molecular flexibility index (Phi) is 4.79. The highest BCUT2D eigenvalue weighted by molar-refractivity contribution is 5.44. The first kappa shape index (κ1) is 17.6. The number of hydrogen-bond acceptors (Lipinski definition) is 2. The monoisotopic (exact) mass is 349 g/mol. The van der Waals surface area contributed by atoms with Crippen molar-refractivity contribution in [2.75, 3.05) is 13.1 Å². The molecule has 0 amide bonds. The van der Waals surface area contributed by atoms with Gasteiger partial charge in [-0.05, 0) is 67.0 Å². The van der Waals surface area contributed by atoms with Crippen LogP contribution in [0.1, 0.15) is 49.8 Å². The smallest absolute Gasteiger partial charge is 0.115 e. The van der Waals surface area contributed by atoms with Crippen molar-refractivity contribution in [1.29, 1.82) is 0 Å². The Morgan fingerprint density at radius 1 is 1.12 bits per heavy atom. The van der Waals surface area contributed by atoms with Crippen LogP contribution in [0.4, 0.5) is 0 Å². The van der Waals surface area contributed by atoms with Crippen molar-refractivity contribution in [2.24, 2.45) is 5.92 Å². The first-order valence-corrected chi connectivity index (χ1v) is 10.3. The summed E-state index contributed by atoms with van der Waals surface area (Å²) in [6.45, 7) is 7.03. The number of aromatic hydroxyl groups is 1. The molecule has 4 rings (SSSR count). The summed E-state index contributed by atoms with van der Waals surface area (Å²) in [4.78, 5) is 2.75. The third kappa shape index (κ3) is 2.85. The molecule has 2 heteroatoms. The fourth-order valence-corrected chi connectivity index (χ4v) is 5.84. The Morgan fingerprint density at radius 3 is 2.65 bits per heavy atom. The van der Waals surface area contributed by atoms with E-state index in [-0.39, 0.29) is 5.41 Å². The van der Waals surface area contributed by atoms with Gasteiger partial charge in [0.15, 0.2) is 0 Å². The van der Waals surface area contributed by atoms with Crippen LogP contribution in [0.3, 0.4) is 0 Å². The summed E-state index contributed by atoms with van der Waals surface area (Å²) in [7, 11) is 0. The molecule has 3 unspecified atom stereocenters. The molecule has 1 saturated heterocycles. The van der Waals surface area contributed by atoms with Crippen LogP contribution >= 0.6 is 0 Å². The summed E-state index contributed by atoms with van der Waals surface area (Å²) >= 11 is 0. The van der Waals surface area contributed by atoms with Gasteiger partial charge in [0.1, 0.15) is 5.75 Å². The number of benzene rings is 2. The Bertz CT molecular complexity index is 756. The van der Waals surface area contributed by atoms with Crippen LogP contribution in [0, 0.1) is 5.92 Å². The van der Waals surface area contributed by atoms with Crippen molar-refractivity contribution in [1.82, 2.24) is 4.90 Å². The molecule has 138 valence electrons. The standard InChI is InChI=1S/C24H31NO/c1-3-21-23-16-19-10-11-20(26)17-22(19)24(21,4-2)13-15-25(23)14-12-18-8-6-5-7-9-18/h5-11,17,21,23,26H,3-4,12-16H2,1-2H3. The maximum absolute atomic E-state index is 10.1. The minimum Gasteiger partial charge on any atom is -0.508 e. The van der Waals surface area contributed by atoms with Gasteiger partial charge in [-0.25, -0.2) is 0 Å². The Hall–Kier alpha value is -1.80. The molecule has 26 heavy (non-hydrogen) atoms. The highest BCUT2D eigenvalue weighted by Crippen LogP contribution is 2.52. The average Bonchev–Trinajstić information content (AvgIpc) is 2.68. The molecule has 0 spiro atoms. The summed E-state index contributed by atoms with van der Waals surface area (Å²) in [5, 5.41) is 10.1. The molecule has 1 aliphatic carbocycles. The predicted molar refractivity (Wildman–Crippen MR) is 108 cm³/mol. The van der Waals surface area contributed by atoms with Gasteiger partial charge in [-0.1, -0.05) is 56.7 Å². The lowest BCUT2D eigenvalue weighted by atomic mass is 9.55. The van der Waals surface area contributed by atoms with Crippen molar-refractivity contribution in [3.63, 3.8) is 0 Å². The lowest BCUT2D eigenvalue weighted by molar-refractivity contribution is 0.00994. The highest BCUT2D eigenvalue weighted by atomic mass is 16.3. The fraction of sp³-hybridized carbons (Fsp3) is 0.500. The van der Waals surface area contributed by atoms with Gasteiger partial charge < -0.3 is 5.11 Å². The second-order valence-electron chi connectivity index (χ2n) is 8.16. The van der Waals surface area contributed by atoms with Gasteiger partial charge in [-0.2, -0.15) is 0 Å². The van der Waals surface area contributed by atoms with Crippen molar-refractivity contribution >= 4 is 0 Å². The molecular formula is C24H31NO. The van der Waals surface area contributed by atoms with Crippen LogP contribution in [0.5, 0.6) is 5.75 Å². The minimum atomic E-state index is 0.245. The molecule has 2 bridgehead atoms. The van der Waals surface area contributed by atoms with Crippen molar-refractivity contribution < 1.29 is 5.11 Å². The van der Waals surface area contributed by atoms with Gasteiger partial charge in [0.05, 0.1) is 0 Å². The van der Waals surface area contributed by atoms with E-state index in [9.17, 15) is 5.11 Å². The van der Waals surface area contributed by atoms with Crippen molar-refractivity contribution in [2.45, 2.75) is 57.4 Å². The summed E-state index contributed by atoms with van der Waals surface area (Å²) in [6.07, 6.45) is 5.87. The maximum Gasteiger partial charge on any atom is 0.115 e. The lowest BCUT2D eigenvalue weighted by Crippen LogP contribution is -2.59. The third-order valence-electron chi connectivity index (χ3n) is 7.15. The normalized spacial score (nSPS) is 27.9. The lowest BCUT2D eigenvalue weighted by Gasteiger charge is -2.57. The van der Waals surface area contributed by atoms with E-state index in [1.807, 2.05) is 6.07 Å². The first-order valence-electron chi connectivity index (χ1n) is 10.3. The number of hydrogen-bond donors (Lipinski definition) is 1. The van der Waals surface area contributed by atoms with Crippen LogP contribution < -0.4 is 0 Å². The summed E-state index contributed by atoms with van der Waals surface area (Å²) < 4.78 is 0. The highest BCUT2D eigenvalue weighted by Gasteiger charge is 2.51. The third-order valence-corrected chi connectivity index (χ3v) is 7.15. The van der Waals surface area contributed by atoms with Crippen molar-refractivity contribution in [3.8, 4) is 5.75 Å². The Balaban J connectivity index is 1.63. The van der Waals surface area contributed by atoms with Crippen LogP contribution in [0.15, 0.2) is 48.5 Å². The van der Waals surface area contributed by atoms with E-state index in [1.54, 1.807) is 0 Å². The largest absolute Gasteiger partial charge is 0.508 e. The number of nitrogens with zero attached hydrogens (tertiary/aromatic N) is 1. The number of fused-ring (bicyclic) bond motifs is 4. The molecule has 2 aromatic rings. The van der Waals surface area contributed by atoms with Crippen LogP contribution in [0.2, 0.25) is 0 Å². The SMILES string of the molecule is CCC1C2Cc3ccc(O)cc3C1(CC)CCN2CCc1ccccc1. The van der Waals surface area contributed by atoms with Gasteiger partial charge >= 0.3 is 0 Å². The number of phenols is 1. The number of piperidine rings is 1. The van der Waals surface area contributed by atoms with E-state index in [1.165, 1.54) is 42.5 Å². The molecule has 3 atom stereocenters. The number of likely N-dealkylation sites (tertiary alicyclic amines) is 1. The summed E-state index contributed by atoms with van der Waals surface area (Å²) in [6, 6.07) is 17.6. The quantitative estimate of drug-likeness (QED) is 0.826. The molecule has 1 N–H and O–H groups in total. The zero-order chi connectivity index (χ0) is 18.1. The average molecular weight is 350 g/mol. The summed E-state index contributed by atoms with van der Waals surface area (Å²) in [5.74, 6) is 1.11. The second kappa shape index (κ2) is 7.08. The predicted octanol–water partition coefficient (Wildman–Crippen LogP) is 4.94. The van der Waals surface area contributed by atoms with Gasteiger partial charge in [0.2, 0.25) is 0 Å². The first-order chi connectivity index (χ1) is 12.7. The topological polar surface area (TPSA) is 23.5 Å². The van der Waals surface area contributed by atoms with E-state index in [4.69, 9.17) is 0 Å². The maximum atomic E-state index is 10.1. The van der Waals surface area contributed by atoms with Gasteiger partial charge in [0.25, 0.3) is 0 Å². The zero-order valence-electron chi connectivity index (χ0n) is 16.1. The molecule has 2 aromatic carbocycles. The molecule has 1 heterocycles. The second-order valence-corrected chi connectivity index (χ2v) is 8.16. The van der Waals surface area contributed by atoms with E-state index in [2.05, 4.69) is 61.2 Å². The molecule has 2 nitrogen and oxygen atoms in total. The molecule has 0 saturated carbocycles. The molecular weight excluding hydrogens is 318 g/mol. The van der Waals surface area contributed by atoms with Gasteiger partial charge in [-0.15, -0.1) is 0 Å². The van der Waals surface area contributed by atoms with E-state index >= 15 is 0 Å². The number of phenolic OH excluding ortho intramolecular Hbond substituents is 1. The molecule has 1 aliphatic heterocycles. The molecule has 1 fully saturated rings. The van der Waals surface area contributed by atoms with E-state index in [0.717, 1.165) is 19.4 Å². The van der Waals surface area contributed by atoms with Gasteiger partial charge in [0, 0.05) is 18.0 Å². The van der Waals surface area contributed by atoms with Crippen molar-refractivity contribution in [3.05, 3.63) is 65.2 Å². The Labute approximate surface area is 157 Å². The molecule has 2 aliphatic rings. The van der Waals surface area contributed by atoms with Crippen LogP contribution in [0.25, 0.3) is 0 Å².